The molecule has 16 heavy (non-hydrogen) atoms. The van der Waals surface area contributed by atoms with Gasteiger partial charge in [0, 0.05) is 5.02 Å². The molecule has 2 rings (SSSR count). The Bertz CT molecular complexity index is 389. The Morgan fingerprint density at radius 2 is 2.06 bits per heavy atom. The van der Waals surface area contributed by atoms with Crippen molar-refractivity contribution in [3.63, 3.8) is 0 Å². The van der Waals surface area contributed by atoms with E-state index in [0.717, 1.165) is 29.5 Å². The number of benzene rings is 1. The Morgan fingerprint density at radius 1 is 1.25 bits per heavy atom. The van der Waals surface area contributed by atoms with Crippen LogP contribution in [0.15, 0.2) is 29.8 Å². The number of allylic oxidation sites excluding steroid dienone is 1. The minimum absolute atomic E-state index is 0.474. The van der Waals surface area contributed by atoms with Crippen LogP contribution in [0.1, 0.15) is 42.9 Å². The first-order valence-electron chi connectivity index (χ1n) is 5.81. The van der Waals surface area contributed by atoms with Crippen molar-refractivity contribution in [1.82, 2.24) is 0 Å². The molecule has 0 aliphatic heterocycles. The minimum Gasteiger partial charge on any atom is -0.384 e. The zero-order chi connectivity index (χ0) is 11.5. The van der Waals surface area contributed by atoms with Gasteiger partial charge in [0.15, 0.2) is 0 Å². The van der Waals surface area contributed by atoms with Crippen LogP contribution in [0, 0.1) is 6.92 Å². The highest BCUT2D eigenvalue weighted by molar-refractivity contribution is 6.30. The van der Waals surface area contributed by atoms with Gasteiger partial charge in [-0.15, -0.1) is 0 Å². The van der Waals surface area contributed by atoms with Crippen LogP contribution in [0.3, 0.4) is 0 Å². The SMILES string of the molecule is Cc1cc(Cl)cc(C(O)C2=CCCCC2)c1. The first-order chi connectivity index (χ1) is 7.66. The van der Waals surface area contributed by atoms with Crippen molar-refractivity contribution in [2.45, 2.75) is 38.7 Å². The maximum Gasteiger partial charge on any atom is 0.100 e. The molecule has 1 N–H and O–H groups in total. The van der Waals surface area contributed by atoms with Gasteiger partial charge in [0.2, 0.25) is 0 Å². The fraction of sp³-hybridized carbons (Fsp3) is 0.429. The van der Waals surface area contributed by atoms with Crippen LogP contribution in [0.4, 0.5) is 0 Å². The van der Waals surface area contributed by atoms with E-state index >= 15 is 0 Å². The fourth-order valence-electron chi connectivity index (χ4n) is 2.25. The van der Waals surface area contributed by atoms with Crippen molar-refractivity contribution < 1.29 is 5.11 Å². The smallest absolute Gasteiger partial charge is 0.100 e. The molecule has 1 nitrogen and oxygen atoms in total. The molecule has 0 bridgehead atoms. The number of hydrogen-bond acceptors (Lipinski definition) is 1. The average molecular weight is 237 g/mol. The summed E-state index contributed by atoms with van der Waals surface area (Å²) in [7, 11) is 0. The maximum atomic E-state index is 10.3. The maximum absolute atomic E-state index is 10.3. The highest BCUT2D eigenvalue weighted by atomic mass is 35.5. The van der Waals surface area contributed by atoms with E-state index in [1.165, 1.54) is 12.8 Å². The predicted molar refractivity (Wildman–Crippen MR) is 67.7 cm³/mol. The molecule has 2 heteroatoms. The summed E-state index contributed by atoms with van der Waals surface area (Å²) in [4.78, 5) is 0. The molecule has 1 aromatic rings. The van der Waals surface area contributed by atoms with Gasteiger partial charge in [0.1, 0.15) is 6.10 Å². The summed E-state index contributed by atoms with van der Waals surface area (Å²) in [6.07, 6.45) is 6.22. The van der Waals surface area contributed by atoms with Gasteiger partial charge in [-0.05, 0) is 61.4 Å². The van der Waals surface area contributed by atoms with Crippen LogP contribution in [0.25, 0.3) is 0 Å². The molecule has 0 radical (unpaired) electrons. The van der Waals surface area contributed by atoms with Gasteiger partial charge in [-0.2, -0.15) is 0 Å². The summed E-state index contributed by atoms with van der Waals surface area (Å²) < 4.78 is 0. The van der Waals surface area contributed by atoms with E-state index < -0.39 is 6.10 Å². The van der Waals surface area contributed by atoms with E-state index in [1.807, 2.05) is 25.1 Å². The van der Waals surface area contributed by atoms with Crippen LogP contribution in [0.2, 0.25) is 5.02 Å². The zero-order valence-corrected chi connectivity index (χ0v) is 10.3. The number of hydrogen-bond donors (Lipinski definition) is 1. The summed E-state index contributed by atoms with van der Waals surface area (Å²) >= 11 is 6.00. The highest BCUT2D eigenvalue weighted by Crippen LogP contribution is 2.31. The van der Waals surface area contributed by atoms with Crippen molar-refractivity contribution in [2.75, 3.05) is 0 Å². The highest BCUT2D eigenvalue weighted by Gasteiger charge is 2.15. The Balaban J connectivity index is 2.25. The van der Waals surface area contributed by atoms with Crippen molar-refractivity contribution in [2.24, 2.45) is 0 Å². The van der Waals surface area contributed by atoms with Crippen LogP contribution < -0.4 is 0 Å². The first-order valence-corrected chi connectivity index (χ1v) is 6.19. The van der Waals surface area contributed by atoms with Gasteiger partial charge in [0.05, 0.1) is 0 Å². The standard InChI is InChI=1S/C14H17ClO/c1-10-7-12(9-13(15)8-10)14(16)11-5-3-2-4-6-11/h5,7-9,14,16H,2-4,6H2,1H3. The van der Waals surface area contributed by atoms with E-state index in [9.17, 15) is 5.11 Å². The molecule has 0 fully saturated rings. The van der Waals surface area contributed by atoms with Gasteiger partial charge in [-0.3, -0.25) is 0 Å². The van der Waals surface area contributed by atoms with Crippen LogP contribution in [0.5, 0.6) is 0 Å². The number of aliphatic hydroxyl groups excluding tert-OH is 1. The second-order valence-corrected chi connectivity index (χ2v) is 4.93. The molecular formula is C14H17ClO. The minimum atomic E-state index is -0.474. The number of aryl methyl sites for hydroxylation is 1. The lowest BCUT2D eigenvalue weighted by Crippen LogP contribution is -2.05. The molecule has 1 aliphatic carbocycles. The number of rotatable bonds is 2. The topological polar surface area (TPSA) is 20.2 Å². The molecule has 0 saturated carbocycles. The van der Waals surface area contributed by atoms with Crippen molar-refractivity contribution >= 4 is 11.6 Å². The molecule has 0 heterocycles. The average Bonchev–Trinajstić information content (AvgIpc) is 2.28. The lowest BCUT2D eigenvalue weighted by atomic mass is 9.91. The Morgan fingerprint density at radius 3 is 2.69 bits per heavy atom. The quantitative estimate of drug-likeness (QED) is 0.764. The molecule has 1 atom stereocenters. The Kier molecular flexibility index (Phi) is 3.67. The van der Waals surface area contributed by atoms with Crippen LogP contribution >= 0.6 is 11.6 Å². The molecular weight excluding hydrogens is 220 g/mol. The Labute approximate surface area is 102 Å². The third-order valence-corrected chi connectivity index (χ3v) is 3.28. The van der Waals surface area contributed by atoms with E-state index in [0.29, 0.717) is 5.02 Å². The summed E-state index contributed by atoms with van der Waals surface area (Å²) in [5.74, 6) is 0. The molecule has 0 aromatic heterocycles. The second kappa shape index (κ2) is 5.03. The summed E-state index contributed by atoms with van der Waals surface area (Å²) in [6, 6.07) is 5.77. The fourth-order valence-corrected chi connectivity index (χ4v) is 2.55. The third-order valence-electron chi connectivity index (χ3n) is 3.06. The van der Waals surface area contributed by atoms with Gasteiger partial charge in [0.25, 0.3) is 0 Å². The Hall–Kier alpha value is -0.790. The van der Waals surface area contributed by atoms with Crippen LogP contribution in [-0.4, -0.2) is 5.11 Å². The first kappa shape index (κ1) is 11.7. The molecule has 0 amide bonds. The monoisotopic (exact) mass is 236 g/mol. The largest absolute Gasteiger partial charge is 0.384 e. The molecule has 1 aromatic carbocycles. The van der Waals surface area contributed by atoms with Crippen molar-refractivity contribution in [3.8, 4) is 0 Å². The van der Waals surface area contributed by atoms with Gasteiger partial charge in [-0.1, -0.05) is 23.7 Å². The van der Waals surface area contributed by atoms with Gasteiger partial charge in [-0.25, -0.2) is 0 Å². The lowest BCUT2D eigenvalue weighted by molar-refractivity contribution is 0.208. The van der Waals surface area contributed by atoms with E-state index in [4.69, 9.17) is 11.6 Å². The molecule has 1 aliphatic rings. The summed E-state index contributed by atoms with van der Waals surface area (Å²) in [5.41, 5.74) is 3.16. The summed E-state index contributed by atoms with van der Waals surface area (Å²) in [5, 5.41) is 11.0. The van der Waals surface area contributed by atoms with E-state index in [2.05, 4.69) is 6.08 Å². The van der Waals surface area contributed by atoms with Crippen LogP contribution in [-0.2, 0) is 0 Å². The number of aliphatic hydroxyl groups is 1. The second-order valence-electron chi connectivity index (χ2n) is 4.49. The van der Waals surface area contributed by atoms with E-state index in [-0.39, 0.29) is 0 Å². The molecule has 0 spiro atoms. The van der Waals surface area contributed by atoms with Gasteiger partial charge < -0.3 is 5.11 Å². The number of halogens is 1. The normalized spacial score (nSPS) is 18.1. The third kappa shape index (κ3) is 2.66. The zero-order valence-electron chi connectivity index (χ0n) is 9.54. The molecule has 1 unspecified atom stereocenters. The molecule has 0 saturated heterocycles. The van der Waals surface area contributed by atoms with Crippen molar-refractivity contribution in [1.29, 1.82) is 0 Å². The van der Waals surface area contributed by atoms with E-state index in [1.54, 1.807) is 0 Å². The predicted octanol–water partition coefficient (Wildman–Crippen LogP) is 4.18. The lowest BCUT2D eigenvalue weighted by Gasteiger charge is -2.19. The molecule has 86 valence electrons. The summed E-state index contributed by atoms with van der Waals surface area (Å²) in [6.45, 7) is 2.00. The van der Waals surface area contributed by atoms with Crippen molar-refractivity contribution in [3.05, 3.63) is 46.0 Å². The van der Waals surface area contributed by atoms with Gasteiger partial charge >= 0.3 is 0 Å².